The number of amides is 1. The molecule has 11 nitrogen and oxygen atoms in total. The normalized spacial score (nSPS) is 19.0. The zero-order chi connectivity index (χ0) is 32.5. The Morgan fingerprint density at radius 2 is 1.91 bits per heavy atom. The third-order valence-electron chi connectivity index (χ3n) is 8.35. The standard InChI is InChI=1S/C31H30F2N6O5S/c1-6-21(41)37-13-18-14-45(43,44)28-23-29(38(18)12-17(37)5)36-31(42)39(27-16(4)10-11-34-25(27)15(2)3)30(23)35-26(24(28)33)22-19(32)8-7-9-20(22)40/h6-11,15,17-18,40H,1,12-14H2,2-5H3. The highest BCUT2D eigenvalue weighted by molar-refractivity contribution is 7.91. The van der Waals surface area contributed by atoms with E-state index in [0.717, 1.165) is 22.8 Å². The number of pyridine rings is 2. The Kier molecular flexibility index (Phi) is 7.22. The monoisotopic (exact) mass is 636 g/mol. The van der Waals surface area contributed by atoms with Crippen molar-refractivity contribution in [2.24, 2.45) is 0 Å². The lowest BCUT2D eigenvalue weighted by atomic mass is 10.0. The summed E-state index contributed by atoms with van der Waals surface area (Å²) in [6.45, 7) is 10.7. The third kappa shape index (κ3) is 4.66. The number of nitrogens with zero attached hydrogens (tertiary/aromatic N) is 6. The first-order chi connectivity index (χ1) is 21.3. The molecule has 2 aliphatic heterocycles. The smallest absolute Gasteiger partial charge is 0.355 e. The molecule has 1 fully saturated rings. The first-order valence-electron chi connectivity index (χ1n) is 14.3. The number of anilines is 1. The van der Waals surface area contributed by atoms with Gasteiger partial charge in [-0.15, -0.1) is 0 Å². The second-order valence-electron chi connectivity index (χ2n) is 11.6. The molecule has 3 aromatic heterocycles. The summed E-state index contributed by atoms with van der Waals surface area (Å²) in [6.07, 6.45) is 2.70. The molecule has 2 aliphatic rings. The number of piperazine rings is 1. The number of hydrogen-bond acceptors (Lipinski definition) is 9. The predicted octanol–water partition coefficient (Wildman–Crippen LogP) is 3.64. The molecule has 234 valence electrons. The Morgan fingerprint density at radius 1 is 1.18 bits per heavy atom. The quantitative estimate of drug-likeness (QED) is 0.333. The number of hydrogen-bond donors (Lipinski definition) is 1. The summed E-state index contributed by atoms with van der Waals surface area (Å²) >= 11 is 0. The molecule has 2 atom stereocenters. The Morgan fingerprint density at radius 3 is 2.58 bits per heavy atom. The van der Waals surface area contributed by atoms with Crippen molar-refractivity contribution < 1.29 is 27.1 Å². The average molecular weight is 637 g/mol. The number of aryl methyl sites for hydroxylation is 1. The van der Waals surface area contributed by atoms with Crippen molar-refractivity contribution in [2.45, 2.75) is 50.6 Å². The van der Waals surface area contributed by atoms with E-state index in [4.69, 9.17) is 0 Å². The van der Waals surface area contributed by atoms with Crippen molar-refractivity contribution >= 4 is 32.6 Å². The number of rotatable bonds is 4. The molecule has 0 radical (unpaired) electrons. The molecule has 14 heteroatoms. The van der Waals surface area contributed by atoms with Crippen molar-refractivity contribution in [3.8, 4) is 22.7 Å². The SMILES string of the molecule is C=CC(=O)N1CC2CS(=O)(=O)c3c(F)c(-c4c(O)cccc4F)nc4c3c(nc(=O)n4-c3c(C)ccnc3C(C)C)N2CC1C. The van der Waals surface area contributed by atoms with Crippen LogP contribution in [0.2, 0.25) is 0 Å². The fourth-order valence-electron chi connectivity index (χ4n) is 6.28. The highest BCUT2D eigenvalue weighted by atomic mass is 32.2. The highest BCUT2D eigenvalue weighted by Crippen LogP contribution is 2.43. The number of fused-ring (bicyclic) bond motifs is 2. The fourth-order valence-corrected chi connectivity index (χ4v) is 8.10. The van der Waals surface area contributed by atoms with Gasteiger partial charge in [0.1, 0.15) is 28.0 Å². The maximum atomic E-state index is 16.7. The molecule has 2 unspecified atom stereocenters. The lowest BCUT2D eigenvalue weighted by molar-refractivity contribution is -0.128. The number of aromatic nitrogens is 4. The van der Waals surface area contributed by atoms with Crippen LogP contribution in [0.4, 0.5) is 14.6 Å². The van der Waals surface area contributed by atoms with Gasteiger partial charge in [0, 0.05) is 25.3 Å². The highest BCUT2D eigenvalue weighted by Gasteiger charge is 2.44. The predicted molar refractivity (Wildman–Crippen MR) is 163 cm³/mol. The summed E-state index contributed by atoms with van der Waals surface area (Å²) in [4.78, 5) is 42.2. The molecule has 0 saturated carbocycles. The minimum absolute atomic E-state index is 0.0687. The van der Waals surface area contributed by atoms with Gasteiger partial charge in [0.15, 0.2) is 21.3 Å². The Balaban J connectivity index is 1.80. The van der Waals surface area contributed by atoms with Gasteiger partial charge in [-0.05, 0) is 49.6 Å². The van der Waals surface area contributed by atoms with Gasteiger partial charge in [0.05, 0.1) is 34.1 Å². The zero-order valence-electron chi connectivity index (χ0n) is 25.0. The molecular formula is C31H30F2N6O5S. The first-order valence-corrected chi connectivity index (χ1v) is 15.9. The van der Waals surface area contributed by atoms with Gasteiger partial charge >= 0.3 is 5.69 Å². The lowest BCUT2D eigenvalue weighted by Gasteiger charge is -2.44. The molecule has 1 saturated heterocycles. The fraction of sp³-hybridized carbons (Fsp3) is 0.323. The number of carbonyl (C=O) groups is 1. The third-order valence-corrected chi connectivity index (χ3v) is 10.2. The second-order valence-corrected chi connectivity index (χ2v) is 13.6. The van der Waals surface area contributed by atoms with Gasteiger partial charge in [-0.25, -0.2) is 31.5 Å². The summed E-state index contributed by atoms with van der Waals surface area (Å²) in [6, 6.07) is 3.60. The molecule has 1 aromatic carbocycles. The maximum Gasteiger partial charge on any atom is 0.355 e. The number of carbonyl (C=O) groups excluding carboxylic acids is 1. The van der Waals surface area contributed by atoms with Gasteiger partial charge in [-0.3, -0.25) is 9.78 Å². The topological polar surface area (TPSA) is 139 Å². The van der Waals surface area contributed by atoms with Crippen LogP contribution < -0.4 is 10.6 Å². The van der Waals surface area contributed by atoms with E-state index in [-0.39, 0.29) is 41.5 Å². The number of benzene rings is 1. The van der Waals surface area contributed by atoms with E-state index in [2.05, 4.69) is 21.5 Å². The van der Waals surface area contributed by atoms with Crippen LogP contribution in [0.15, 0.2) is 52.8 Å². The number of phenols is 1. The summed E-state index contributed by atoms with van der Waals surface area (Å²) in [7, 11) is -4.56. The molecule has 1 amide bonds. The van der Waals surface area contributed by atoms with Crippen LogP contribution in [-0.2, 0) is 14.6 Å². The molecule has 0 bridgehead atoms. The van der Waals surface area contributed by atoms with Gasteiger partial charge in [-0.2, -0.15) is 4.98 Å². The van der Waals surface area contributed by atoms with E-state index in [0.29, 0.717) is 11.3 Å². The number of aromatic hydroxyl groups is 1. The van der Waals surface area contributed by atoms with E-state index in [1.165, 1.54) is 11.0 Å². The number of phenolic OH excluding ortho intramolecular Hbond substituents is 1. The molecule has 4 aromatic rings. The summed E-state index contributed by atoms with van der Waals surface area (Å²) in [5.41, 5.74) is -1.26. The minimum Gasteiger partial charge on any atom is -0.507 e. The van der Waals surface area contributed by atoms with Crippen LogP contribution >= 0.6 is 0 Å². The molecule has 1 N–H and O–H groups in total. The Bertz CT molecular complexity index is 2080. The minimum atomic E-state index is -4.56. The number of sulfone groups is 1. The Labute approximate surface area is 257 Å². The molecule has 5 heterocycles. The van der Waals surface area contributed by atoms with Crippen molar-refractivity contribution in [3.05, 3.63) is 76.5 Å². The van der Waals surface area contributed by atoms with Gasteiger partial charge in [0.2, 0.25) is 5.91 Å². The van der Waals surface area contributed by atoms with E-state index in [1.54, 1.807) is 31.0 Å². The van der Waals surface area contributed by atoms with Gasteiger partial charge < -0.3 is 14.9 Å². The first kappa shape index (κ1) is 30.3. The van der Waals surface area contributed by atoms with E-state index in [9.17, 15) is 23.1 Å². The van der Waals surface area contributed by atoms with Crippen molar-refractivity contribution in [2.75, 3.05) is 23.7 Å². The van der Waals surface area contributed by atoms with Crippen LogP contribution in [0.25, 0.3) is 28.0 Å². The second kappa shape index (κ2) is 10.7. The molecule has 0 aliphatic carbocycles. The molecule has 6 rings (SSSR count). The molecular weight excluding hydrogens is 606 g/mol. The van der Waals surface area contributed by atoms with E-state index < -0.39 is 72.8 Å². The van der Waals surface area contributed by atoms with Crippen LogP contribution in [0.3, 0.4) is 0 Å². The van der Waals surface area contributed by atoms with Crippen LogP contribution in [0, 0.1) is 18.6 Å². The summed E-state index contributed by atoms with van der Waals surface area (Å²) in [5.74, 6) is -4.50. The van der Waals surface area contributed by atoms with Crippen LogP contribution in [0.1, 0.15) is 37.9 Å². The van der Waals surface area contributed by atoms with Crippen molar-refractivity contribution in [1.82, 2.24) is 24.4 Å². The van der Waals surface area contributed by atoms with Crippen molar-refractivity contribution in [1.29, 1.82) is 0 Å². The molecule has 0 spiro atoms. The van der Waals surface area contributed by atoms with E-state index >= 15 is 8.78 Å². The Hall–Kier alpha value is -4.72. The summed E-state index contributed by atoms with van der Waals surface area (Å²) < 4.78 is 61.5. The van der Waals surface area contributed by atoms with Gasteiger partial charge in [-0.1, -0.05) is 26.5 Å². The summed E-state index contributed by atoms with van der Waals surface area (Å²) in [5, 5.41) is 10.4. The molecule has 45 heavy (non-hydrogen) atoms. The van der Waals surface area contributed by atoms with Crippen molar-refractivity contribution in [3.63, 3.8) is 0 Å². The van der Waals surface area contributed by atoms with Gasteiger partial charge in [0.25, 0.3) is 0 Å². The number of halogens is 2. The largest absolute Gasteiger partial charge is 0.507 e. The van der Waals surface area contributed by atoms with Crippen LogP contribution in [0.5, 0.6) is 5.75 Å². The zero-order valence-corrected chi connectivity index (χ0v) is 25.8. The average Bonchev–Trinajstić information content (AvgIpc) is 3.06. The van der Waals surface area contributed by atoms with Crippen LogP contribution in [-0.4, -0.2) is 74.8 Å². The lowest BCUT2D eigenvalue weighted by Crippen LogP contribution is -2.60. The maximum absolute atomic E-state index is 16.7. The van der Waals surface area contributed by atoms with E-state index in [1.807, 2.05) is 13.8 Å².